The molecule has 4 heteroatoms. The molecule has 2 aliphatic carbocycles. The van der Waals surface area contributed by atoms with Crippen LogP contribution in [0, 0.1) is 17.8 Å². The zero-order chi connectivity index (χ0) is 19.5. The zero-order valence-electron chi connectivity index (χ0n) is 17.4. The summed E-state index contributed by atoms with van der Waals surface area (Å²) in [5.74, 6) is 2.18. The summed E-state index contributed by atoms with van der Waals surface area (Å²) in [6.07, 6.45) is 5.52. The van der Waals surface area contributed by atoms with Gasteiger partial charge in [0.15, 0.2) is 5.76 Å². The van der Waals surface area contributed by atoms with Crippen LogP contribution in [0.25, 0.3) is 11.3 Å². The Bertz CT molecular complexity index is 904. The first kappa shape index (κ1) is 18.0. The van der Waals surface area contributed by atoms with Gasteiger partial charge in [0.2, 0.25) is 0 Å². The van der Waals surface area contributed by atoms with Gasteiger partial charge in [-0.05, 0) is 43.9 Å². The second-order valence-electron chi connectivity index (χ2n) is 9.46. The first-order valence-corrected chi connectivity index (χ1v) is 10.8. The van der Waals surface area contributed by atoms with Crippen molar-refractivity contribution in [3.8, 4) is 11.3 Å². The molecule has 2 atom stereocenters. The van der Waals surface area contributed by atoms with Gasteiger partial charge in [0.1, 0.15) is 5.60 Å². The SMILES string of the molecule is CC(C)C1(C(C)C)ON=C2C1CC[C@@]21CCCc2c1noc2-c1ccccc1. The highest BCUT2D eigenvalue weighted by atomic mass is 16.7. The summed E-state index contributed by atoms with van der Waals surface area (Å²) in [6, 6.07) is 10.4. The van der Waals surface area contributed by atoms with Gasteiger partial charge in [0.05, 0.1) is 16.8 Å². The van der Waals surface area contributed by atoms with E-state index in [1.54, 1.807) is 0 Å². The lowest BCUT2D eigenvalue weighted by Gasteiger charge is -2.39. The van der Waals surface area contributed by atoms with Crippen LogP contribution in [0.1, 0.15) is 64.6 Å². The number of rotatable bonds is 3. The van der Waals surface area contributed by atoms with Gasteiger partial charge < -0.3 is 9.36 Å². The fraction of sp³-hybridized carbons (Fsp3) is 0.583. The Kier molecular flexibility index (Phi) is 3.98. The van der Waals surface area contributed by atoms with Crippen LogP contribution in [0.2, 0.25) is 0 Å². The van der Waals surface area contributed by atoms with E-state index in [4.69, 9.17) is 14.5 Å². The lowest BCUT2D eigenvalue weighted by molar-refractivity contribution is -0.113. The van der Waals surface area contributed by atoms with Crippen LogP contribution in [0.15, 0.2) is 40.0 Å². The van der Waals surface area contributed by atoms with E-state index in [2.05, 4.69) is 57.1 Å². The Morgan fingerprint density at radius 3 is 2.50 bits per heavy atom. The molecule has 0 amide bonds. The Morgan fingerprint density at radius 2 is 1.79 bits per heavy atom. The van der Waals surface area contributed by atoms with E-state index in [1.807, 2.05) is 6.07 Å². The van der Waals surface area contributed by atoms with Crippen molar-refractivity contribution < 1.29 is 9.36 Å². The lowest BCUT2D eigenvalue weighted by atomic mass is 9.66. The lowest BCUT2D eigenvalue weighted by Crippen LogP contribution is -2.48. The molecule has 2 aromatic rings. The summed E-state index contributed by atoms with van der Waals surface area (Å²) in [6.45, 7) is 9.11. The van der Waals surface area contributed by atoms with Crippen LogP contribution < -0.4 is 0 Å². The molecule has 0 saturated heterocycles. The van der Waals surface area contributed by atoms with Crippen molar-refractivity contribution in [2.24, 2.45) is 22.9 Å². The maximum atomic E-state index is 6.29. The third-order valence-electron chi connectivity index (χ3n) is 7.64. The Hall–Kier alpha value is -2.10. The standard InChI is InChI=1S/C24H30N2O2/c1-15(2)24(16(3)4)19-12-14-23(22(19)26-28-24)13-8-11-18-20(27-25-21(18)23)17-9-6-5-7-10-17/h5-7,9-10,15-16,19H,8,11-14H2,1-4H3/t19?,23-/m1/s1. The van der Waals surface area contributed by atoms with Gasteiger partial charge in [-0.15, -0.1) is 0 Å². The highest BCUT2D eigenvalue weighted by Crippen LogP contribution is 2.58. The van der Waals surface area contributed by atoms with Crippen LogP contribution in [0.5, 0.6) is 0 Å². The molecule has 1 unspecified atom stereocenters. The molecule has 3 aliphatic rings. The first-order valence-electron chi connectivity index (χ1n) is 10.8. The van der Waals surface area contributed by atoms with Crippen LogP contribution in [0.4, 0.5) is 0 Å². The second-order valence-corrected chi connectivity index (χ2v) is 9.46. The minimum absolute atomic E-state index is 0.0969. The Morgan fingerprint density at radius 1 is 1.04 bits per heavy atom. The Balaban J connectivity index is 1.59. The molecule has 5 rings (SSSR count). The van der Waals surface area contributed by atoms with Crippen LogP contribution in [0.3, 0.4) is 0 Å². The number of hydrogen-bond donors (Lipinski definition) is 0. The Labute approximate surface area is 167 Å². The van der Waals surface area contributed by atoms with Crippen molar-refractivity contribution in [2.75, 3.05) is 0 Å². The van der Waals surface area contributed by atoms with Gasteiger partial charge in [-0.3, -0.25) is 0 Å². The van der Waals surface area contributed by atoms with Crippen molar-refractivity contribution in [2.45, 2.75) is 70.8 Å². The van der Waals surface area contributed by atoms with Gasteiger partial charge in [-0.25, -0.2) is 0 Å². The first-order chi connectivity index (χ1) is 13.5. The zero-order valence-corrected chi connectivity index (χ0v) is 17.4. The predicted molar refractivity (Wildman–Crippen MR) is 110 cm³/mol. The van der Waals surface area contributed by atoms with Gasteiger partial charge in [0, 0.05) is 17.0 Å². The molecule has 4 nitrogen and oxygen atoms in total. The number of oxime groups is 1. The third-order valence-corrected chi connectivity index (χ3v) is 7.64. The molecule has 0 radical (unpaired) electrons. The summed E-state index contributed by atoms with van der Waals surface area (Å²) in [5, 5.41) is 9.44. The predicted octanol–water partition coefficient (Wildman–Crippen LogP) is 5.76. The molecule has 28 heavy (non-hydrogen) atoms. The van der Waals surface area contributed by atoms with Crippen molar-refractivity contribution in [1.29, 1.82) is 0 Å². The van der Waals surface area contributed by atoms with Gasteiger partial charge in [0.25, 0.3) is 0 Å². The molecule has 1 saturated carbocycles. The number of hydrogen-bond acceptors (Lipinski definition) is 4. The highest BCUT2D eigenvalue weighted by molar-refractivity contribution is 6.00. The van der Waals surface area contributed by atoms with E-state index in [0.717, 1.165) is 49.1 Å². The van der Waals surface area contributed by atoms with E-state index in [-0.39, 0.29) is 11.0 Å². The van der Waals surface area contributed by atoms with Crippen molar-refractivity contribution in [1.82, 2.24) is 5.16 Å². The van der Waals surface area contributed by atoms with Crippen molar-refractivity contribution >= 4 is 5.71 Å². The molecule has 0 bridgehead atoms. The number of aromatic nitrogens is 1. The molecular formula is C24H30N2O2. The average molecular weight is 379 g/mol. The van der Waals surface area contributed by atoms with Crippen LogP contribution >= 0.6 is 0 Å². The van der Waals surface area contributed by atoms with E-state index < -0.39 is 0 Å². The average Bonchev–Trinajstić information content (AvgIpc) is 3.37. The summed E-state index contributed by atoms with van der Waals surface area (Å²) in [4.78, 5) is 6.29. The number of fused-ring (bicyclic) bond motifs is 4. The largest absolute Gasteiger partial charge is 0.388 e. The minimum Gasteiger partial charge on any atom is -0.388 e. The second kappa shape index (κ2) is 6.20. The molecule has 1 aromatic carbocycles. The third kappa shape index (κ3) is 2.18. The van der Waals surface area contributed by atoms with Gasteiger partial charge in [-0.1, -0.05) is 68.3 Å². The summed E-state index contributed by atoms with van der Waals surface area (Å²) >= 11 is 0. The number of benzene rings is 1. The topological polar surface area (TPSA) is 47.6 Å². The normalized spacial score (nSPS) is 27.8. The molecule has 148 valence electrons. The quantitative estimate of drug-likeness (QED) is 0.682. The smallest absolute Gasteiger partial charge is 0.170 e. The minimum atomic E-state index is -0.192. The molecule has 2 heterocycles. The molecule has 1 spiro atoms. The van der Waals surface area contributed by atoms with E-state index >= 15 is 0 Å². The highest BCUT2D eigenvalue weighted by Gasteiger charge is 2.63. The summed E-state index contributed by atoms with van der Waals surface area (Å²) < 4.78 is 5.94. The molecular weight excluding hydrogens is 348 g/mol. The van der Waals surface area contributed by atoms with Crippen molar-refractivity contribution in [3.05, 3.63) is 41.6 Å². The van der Waals surface area contributed by atoms with Crippen LogP contribution in [-0.4, -0.2) is 16.5 Å². The van der Waals surface area contributed by atoms with Gasteiger partial charge in [-0.2, -0.15) is 0 Å². The molecule has 0 N–H and O–H groups in total. The van der Waals surface area contributed by atoms with Crippen molar-refractivity contribution in [3.63, 3.8) is 0 Å². The summed E-state index contributed by atoms with van der Waals surface area (Å²) in [7, 11) is 0. The monoisotopic (exact) mass is 378 g/mol. The molecule has 1 fully saturated rings. The number of nitrogens with zero attached hydrogens (tertiary/aromatic N) is 2. The van der Waals surface area contributed by atoms with Crippen LogP contribution in [-0.2, 0) is 16.7 Å². The van der Waals surface area contributed by atoms with E-state index in [1.165, 1.54) is 11.3 Å². The summed E-state index contributed by atoms with van der Waals surface area (Å²) in [5.41, 5.74) is 4.48. The molecule has 1 aliphatic heterocycles. The maximum Gasteiger partial charge on any atom is 0.170 e. The van der Waals surface area contributed by atoms with E-state index in [9.17, 15) is 0 Å². The fourth-order valence-electron chi connectivity index (χ4n) is 6.37. The van der Waals surface area contributed by atoms with Gasteiger partial charge >= 0.3 is 0 Å². The fourth-order valence-corrected chi connectivity index (χ4v) is 6.37. The van der Waals surface area contributed by atoms with E-state index in [0.29, 0.717) is 17.8 Å². The molecule has 1 aromatic heterocycles. The maximum absolute atomic E-state index is 6.29.